The Kier molecular flexibility index (Phi) is 3.52. The first-order chi connectivity index (χ1) is 4.84. The van der Waals surface area contributed by atoms with Crippen molar-refractivity contribution in [1.82, 2.24) is 0 Å². The molecule has 1 N–H and O–H groups in total. The molecule has 1 unspecified atom stereocenters. The standard InChI is InChI=1S/C8H17NO2/c1-7(9(2,3)4)5-6-8(10)11/h7H,5-6H2,1-4H3/p+1. The molecule has 66 valence electrons. The molecule has 0 amide bonds. The summed E-state index contributed by atoms with van der Waals surface area (Å²) in [6.07, 6.45) is 1.02. The summed E-state index contributed by atoms with van der Waals surface area (Å²) >= 11 is 0. The second kappa shape index (κ2) is 3.72. The number of quaternary nitrogens is 1. The van der Waals surface area contributed by atoms with Crippen molar-refractivity contribution in [3.63, 3.8) is 0 Å². The van der Waals surface area contributed by atoms with E-state index in [0.29, 0.717) is 6.04 Å². The minimum atomic E-state index is -0.703. The van der Waals surface area contributed by atoms with Gasteiger partial charge in [0.2, 0.25) is 0 Å². The summed E-state index contributed by atoms with van der Waals surface area (Å²) in [5, 5.41) is 8.42. The van der Waals surface area contributed by atoms with Crippen LogP contribution in [0.2, 0.25) is 0 Å². The van der Waals surface area contributed by atoms with E-state index < -0.39 is 5.97 Å². The maximum Gasteiger partial charge on any atom is 0.303 e. The minimum absolute atomic E-state index is 0.274. The number of carbonyl (C=O) groups is 1. The van der Waals surface area contributed by atoms with Crippen molar-refractivity contribution in [1.29, 1.82) is 0 Å². The maximum atomic E-state index is 10.2. The van der Waals surface area contributed by atoms with Crippen LogP contribution in [-0.4, -0.2) is 42.7 Å². The molecule has 0 saturated heterocycles. The second-order valence-electron chi connectivity index (χ2n) is 3.90. The number of carboxylic acid groups (broad SMARTS) is 1. The van der Waals surface area contributed by atoms with Crippen molar-refractivity contribution in [2.75, 3.05) is 21.1 Å². The molecule has 0 heterocycles. The van der Waals surface area contributed by atoms with Crippen molar-refractivity contribution < 1.29 is 14.4 Å². The molecular weight excluding hydrogens is 142 g/mol. The maximum absolute atomic E-state index is 10.2. The van der Waals surface area contributed by atoms with E-state index in [1.54, 1.807) is 0 Å². The first kappa shape index (κ1) is 10.4. The lowest BCUT2D eigenvalue weighted by atomic mass is 10.1. The van der Waals surface area contributed by atoms with Crippen LogP contribution in [0.5, 0.6) is 0 Å². The molecule has 0 aromatic heterocycles. The molecule has 0 bridgehead atoms. The van der Waals surface area contributed by atoms with Crippen LogP contribution in [0.15, 0.2) is 0 Å². The summed E-state index contributed by atoms with van der Waals surface area (Å²) in [7, 11) is 6.23. The Bertz CT molecular complexity index is 138. The summed E-state index contributed by atoms with van der Waals surface area (Å²) in [5.74, 6) is -0.703. The lowest BCUT2D eigenvalue weighted by Crippen LogP contribution is -2.43. The van der Waals surface area contributed by atoms with Gasteiger partial charge in [0.05, 0.1) is 33.6 Å². The first-order valence-electron chi connectivity index (χ1n) is 3.87. The van der Waals surface area contributed by atoms with Crippen LogP contribution in [0.25, 0.3) is 0 Å². The molecule has 0 aliphatic rings. The SMILES string of the molecule is CC(CCC(=O)O)[N+](C)(C)C. The molecule has 0 spiro atoms. The number of aliphatic carboxylic acids is 1. The lowest BCUT2D eigenvalue weighted by Gasteiger charge is -2.31. The Balaban J connectivity index is 3.70. The molecule has 0 rings (SSSR count). The fraction of sp³-hybridized carbons (Fsp3) is 0.875. The minimum Gasteiger partial charge on any atom is -0.481 e. The van der Waals surface area contributed by atoms with Crippen molar-refractivity contribution >= 4 is 5.97 Å². The first-order valence-corrected chi connectivity index (χ1v) is 3.87. The molecule has 0 aliphatic heterocycles. The van der Waals surface area contributed by atoms with Crippen LogP contribution in [0.4, 0.5) is 0 Å². The number of carboxylic acids is 1. The molecule has 0 aromatic rings. The van der Waals surface area contributed by atoms with Crippen LogP contribution in [0.3, 0.4) is 0 Å². The molecular formula is C8H18NO2+. The second-order valence-corrected chi connectivity index (χ2v) is 3.90. The van der Waals surface area contributed by atoms with Crippen molar-refractivity contribution in [3.05, 3.63) is 0 Å². The normalized spacial score (nSPS) is 14.5. The van der Waals surface area contributed by atoms with Crippen molar-refractivity contribution in [2.45, 2.75) is 25.8 Å². The van der Waals surface area contributed by atoms with Gasteiger partial charge in [-0.05, 0) is 6.92 Å². The highest BCUT2D eigenvalue weighted by Crippen LogP contribution is 2.08. The van der Waals surface area contributed by atoms with Crippen LogP contribution in [0, 0.1) is 0 Å². The highest BCUT2D eigenvalue weighted by Gasteiger charge is 2.18. The highest BCUT2D eigenvalue weighted by molar-refractivity contribution is 5.66. The van der Waals surface area contributed by atoms with Gasteiger partial charge in [0.1, 0.15) is 0 Å². The molecule has 11 heavy (non-hydrogen) atoms. The summed E-state index contributed by atoms with van der Waals surface area (Å²) in [5.41, 5.74) is 0. The van der Waals surface area contributed by atoms with Gasteiger partial charge in [-0.1, -0.05) is 0 Å². The van der Waals surface area contributed by atoms with Gasteiger partial charge in [0.25, 0.3) is 0 Å². The summed E-state index contributed by atoms with van der Waals surface area (Å²) in [6, 6.07) is 0.408. The van der Waals surface area contributed by atoms with E-state index >= 15 is 0 Å². The van der Waals surface area contributed by atoms with E-state index in [4.69, 9.17) is 5.11 Å². The van der Waals surface area contributed by atoms with Gasteiger partial charge in [-0.25, -0.2) is 0 Å². The van der Waals surface area contributed by atoms with Crippen LogP contribution >= 0.6 is 0 Å². The van der Waals surface area contributed by atoms with Crippen LogP contribution in [0.1, 0.15) is 19.8 Å². The zero-order valence-electron chi connectivity index (χ0n) is 7.79. The number of nitrogens with zero attached hydrogens (tertiary/aromatic N) is 1. The van der Waals surface area contributed by atoms with Gasteiger partial charge in [-0.3, -0.25) is 4.79 Å². The topological polar surface area (TPSA) is 37.3 Å². The zero-order chi connectivity index (χ0) is 9.07. The van der Waals surface area contributed by atoms with Crippen molar-refractivity contribution in [3.8, 4) is 0 Å². The van der Waals surface area contributed by atoms with Gasteiger partial charge in [0, 0.05) is 6.42 Å². The Morgan fingerprint density at radius 3 is 2.18 bits per heavy atom. The third-order valence-electron chi connectivity index (χ3n) is 2.10. The summed E-state index contributed by atoms with van der Waals surface area (Å²) in [4.78, 5) is 10.2. The predicted octanol–water partition coefficient (Wildman–Crippen LogP) is 0.946. The molecule has 3 heteroatoms. The fourth-order valence-corrected chi connectivity index (χ4v) is 0.720. The zero-order valence-corrected chi connectivity index (χ0v) is 7.79. The summed E-state index contributed by atoms with van der Waals surface area (Å²) in [6.45, 7) is 2.07. The third-order valence-corrected chi connectivity index (χ3v) is 2.10. The Labute approximate surface area is 68.2 Å². The Morgan fingerprint density at radius 2 is 1.91 bits per heavy atom. The third kappa shape index (κ3) is 4.79. The van der Waals surface area contributed by atoms with Crippen molar-refractivity contribution in [2.24, 2.45) is 0 Å². The molecule has 3 nitrogen and oxygen atoms in total. The van der Waals surface area contributed by atoms with E-state index in [2.05, 4.69) is 28.1 Å². The van der Waals surface area contributed by atoms with Gasteiger partial charge < -0.3 is 9.59 Å². The molecule has 1 atom stereocenters. The molecule has 0 radical (unpaired) electrons. The average molecular weight is 160 g/mol. The fourth-order valence-electron chi connectivity index (χ4n) is 0.720. The van der Waals surface area contributed by atoms with Gasteiger partial charge in [-0.2, -0.15) is 0 Å². The Morgan fingerprint density at radius 1 is 1.45 bits per heavy atom. The quantitative estimate of drug-likeness (QED) is 0.622. The van der Waals surface area contributed by atoms with E-state index in [1.807, 2.05) is 0 Å². The monoisotopic (exact) mass is 160 g/mol. The molecule has 0 aromatic carbocycles. The highest BCUT2D eigenvalue weighted by atomic mass is 16.4. The van der Waals surface area contributed by atoms with Crippen LogP contribution < -0.4 is 0 Å². The predicted molar refractivity (Wildman–Crippen MR) is 44.4 cm³/mol. The number of hydrogen-bond donors (Lipinski definition) is 1. The number of rotatable bonds is 4. The summed E-state index contributed by atoms with van der Waals surface area (Å²) < 4.78 is 0.827. The number of hydrogen-bond acceptors (Lipinski definition) is 1. The van der Waals surface area contributed by atoms with E-state index in [9.17, 15) is 4.79 Å². The van der Waals surface area contributed by atoms with Crippen LogP contribution in [-0.2, 0) is 4.79 Å². The van der Waals surface area contributed by atoms with Gasteiger partial charge >= 0.3 is 5.97 Å². The van der Waals surface area contributed by atoms with E-state index in [0.717, 1.165) is 10.9 Å². The molecule has 0 saturated carbocycles. The van der Waals surface area contributed by atoms with E-state index in [-0.39, 0.29) is 6.42 Å². The lowest BCUT2D eigenvalue weighted by molar-refractivity contribution is -0.894. The van der Waals surface area contributed by atoms with Gasteiger partial charge in [-0.15, -0.1) is 0 Å². The van der Waals surface area contributed by atoms with Gasteiger partial charge in [0.15, 0.2) is 0 Å². The smallest absolute Gasteiger partial charge is 0.303 e. The Hall–Kier alpha value is -0.570. The van der Waals surface area contributed by atoms with E-state index in [1.165, 1.54) is 0 Å². The largest absolute Gasteiger partial charge is 0.481 e. The molecule has 0 fully saturated rings. The molecule has 0 aliphatic carbocycles. The average Bonchev–Trinajstić information content (AvgIpc) is 1.80.